The maximum atomic E-state index is 11.9. The van der Waals surface area contributed by atoms with Crippen molar-refractivity contribution in [3.63, 3.8) is 0 Å². The van der Waals surface area contributed by atoms with E-state index in [2.05, 4.69) is 5.32 Å². The minimum Gasteiger partial charge on any atom is -0.493 e. The minimum atomic E-state index is -3.49. The molecular formula is C18H19NO6S. The van der Waals surface area contributed by atoms with Crippen LogP contribution < -0.4 is 10.1 Å². The van der Waals surface area contributed by atoms with Gasteiger partial charge in [-0.3, -0.25) is 9.59 Å². The van der Waals surface area contributed by atoms with E-state index in [1.165, 1.54) is 12.1 Å². The number of anilines is 1. The average molecular weight is 377 g/mol. The van der Waals surface area contributed by atoms with Crippen LogP contribution in [0.2, 0.25) is 0 Å². The molecule has 0 aliphatic rings. The fourth-order valence-corrected chi connectivity index (χ4v) is 2.91. The van der Waals surface area contributed by atoms with E-state index in [0.29, 0.717) is 5.75 Å². The molecule has 0 fully saturated rings. The van der Waals surface area contributed by atoms with Crippen LogP contribution in [-0.4, -0.2) is 39.8 Å². The number of nitrogens with one attached hydrogen (secondary N) is 1. The lowest BCUT2D eigenvalue weighted by atomic mass is 10.3. The van der Waals surface area contributed by atoms with Gasteiger partial charge in [0.2, 0.25) is 0 Å². The monoisotopic (exact) mass is 377 g/mol. The van der Waals surface area contributed by atoms with Crippen LogP contribution in [0.1, 0.15) is 6.42 Å². The first-order valence-electron chi connectivity index (χ1n) is 7.78. The summed E-state index contributed by atoms with van der Waals surface area (Å²) in [6.45, 7) is -0.385. The number of amides is 1. The predicted molar refractivity (Wildman–Crippen MR) is 95.7 cm³/mol. The third kappa shape index (κ3) is 6.21. The van der Waals surface area contributed by atoms with Crippen LogP contribution >= 0.6 is 0 Å². The van der Waals surface area contributed by atoms with Gasteiger partial charge in [0, 0.05) is 6.26 Å². The topological polar surface area (TPSA) is 98.8 Å². The lowest BCUT2D eigenvalue weighted by Crippen LogP contribution is -2.22. The number of hydrogen-bond donors (Lipinski definition) is 1. The molecule has 0 aromatic heterocycles. The van der Waals surface area contributed by atoms with E-state index in [4.69, 9.17) is 9.47 Å². The standard InChI is InChI=1S/C18H19NO6S/c1-26(22,23)16-10-6-5-9-15(16)19-17(20)13-25-18(21)11-12-24-14-7-3-2-4-8-14/h2-10H,11-13H2,1H3,(H,19,20). The number of carbonyl (C=O) groups is 2. The molecule has 0 spiro atoms. The van der Waals surface area contributed by atoms with Gasteiger partial charge in [-0.2, -0.15) is 0 Å². The van der Waals surface area contributed by atoms with E-state index >= 15 is 0 Å². The van der Waals surface area contributed by atoms with Gasteiger partial charge >= 0.3 is 5.97 Å². The normalized spacial score (nSPS) is 10.8. The summed E-state index contributed by atoms with van der Waals surface area (Å²) in [4.78, 5) is 23.5. The second-order valence-electron chi connectivity index (χ2n) is 5.39. The van der Waals surface area contributed by atoms with E-state index in [0.717, 1.165) is 6.26 Å². The number of carbonyl (C=O) groups excluding carboxylic acids is 2. The van der Waals surface area contributed by atoms with Crippen molar-refractivity contribution >= 4 is 27.4 Å². The predicted octanol–water partition coefficient (Wildman–Crippen LogP) is 2.04. The highest BCUT2D eigenvalue weighted by Crippen LogP contribution is 2.20. The third-order valence-electron chi connectivity index (χ3n) is 3.24. The Labute approximate surface area is 151 Å². The first-order chi connectivity index (χ1) is 12.4. The van der Waals surface area contributed by atoms with Gasteiger partial charge in [-0.25, -0.2) is 8.42 Å². The SMILES string of the molecule is CS(=O)(=O)c1ccccc1NC(=O)COC(=O)CCOc1ccccc1. The third-order valence-corrected chi connectivity index (χ3v) is 4.40. The molecule has 26 heavy (non-hydrogen) atoms. The molecule has 0 unspecified atom stereocenters. The summed E-state index contributed by atoms with van der Waals surface area (Å²) in [6, 6.07) is 15.0. The largest absolute Gasteiger partial charge is 0.493 e. The highest BCUT2D eigenvalue weighted by atomic mass is 32.2. The molecular weight excluding hydrogens is 358 g/mol. The van der Waals surface area contributed by atoms with E-state index in [9.17, 15) is 18.0 Å². The van der Waals surface area contributed by atoms with Crippen molar-refractivity contribution < 1.29 is 27.5 Å². The summed E-state index contributed by atoms with van der Waals surface area (Å²) in [7, 11) is -3.49. The second-order valence-corrected chi connectivity index (χ2v) is 7.37. The molecule has 0 aliphatic carbocycles. The highest BCUT2D eigenvalue weighted by Gasteiger charge is 2.15. The Kier molecular flexibility index (Phi) is 6.74. The number of ether oxygens (including phenoxy) is 2. The van der Waals surface area contributed by atoms with Crippen LogP contribution in [0.4, 0.5) is 5.69 Å². The molecule has 2 aromatic carbocycles. The second kappa shape index (κ2) is 9.00. The van der Waals surface area contributed by atoms with Gasteiger partial charge in [-0.05, 0) is 24.3 Å². The van der Waals surface area contributed by atoms with Crippen LogP contribution in [0.25, 0.3) is 0 Å². The summed E-state index contributed by atoms with van der Waals surface area (Å²) in [5.74, 6) is -0.582. The van der Waals surface area contributed by atoms with E-state index in [-0.39, 0.29) is 23.6 Å². The van der Waals surface area contributed by atoms with Crippen LogP contribution in [0.3, 0.4) is 0 Å². The molecule has 1 amide bonds. The number of hydrogen-bond acceptors (Lipinski definition) is 6. The van der Waals surface area contributed by atoms with E-state index < -0.39 is 28.3 Å². The first-order valence-corrected chi connectivity index (χ1v) is 9.68. The maximum Gasteiger partial charge on any atom is 0.309 e. The van der Waals surface area contributed by atoms with Crippen molar-refractivity contribution in [2.75, 3.05) is 24.8 Å². The van der Waals surface area contributed by atoms with Crippen molar-refractivity contribution in [1.82, 2.24) is 0 Å². The molecule has 0 saturated carbocycles. The molecule has 0 heterocycles. The van der Waals surface area contributed by atoms with Crippen LogP contribution in [0.5, 0.6) is 5.75 Å². The zero-order valence-corrected chi connectivity index (χ0v) is 15.0. The zero-order chi connectivity index (χ0) is 19.0. The Morgan fingerprint density at radius 3 is 2.35 bits per heavy atom. The molecule has 0 saturated heterocycles. The Morgan fingerprint density at radius 2 is 1.65 bits per heavy atom. The van der Waals surface area contributed by atoms with E-state index in [1.807, 2.05) is 18.2 Å². The van der Waals surface area contributed by atoms with Crippen LogP contribution in [-0.2, 0) is 24.2 Å². The highest BCUT2D eigenvalue weighted by molar-refractivity contribution is 7.90. The van der Waals surface area contributed by atoms with Gasteiger partial charge in [-0.15, -0.1) is 0 Å². The summed E-state index contributed by atoms with van der Waals surface area (Å²) in [5.41, 5.74) is 0.142. The Balaban J connectivity index is 1.77. The summed E-state index contributed by atoms with van der Waals surface area (Å²) in [5, 5.41) is 2.43. The van der Waals surface area contributed by atoms with Gasteiger partial charge in [-0.1, -0.05) is 30.3 Å². The van der Waals surface area contributed by atoms with Crippen LogP contribution in [0, 0.1) is 0 Å². The van der Waals surface area contributed by atoms with Gasteiger partial charge in [0.1, 0.15) is 5.75 Å². The Hall–Kier alpha value is -2.87. The smallest absolute Gasteiger partial charge is 0.309 e. The molecule has 0 bridgehead atoms. The summed E-state index contributed by atoms with van der Waals surface area (Å²) < 4.78 is 33.6. The quantitative estimate of drug-likeness (QED) is 0.707. The van der Waals surface area contributed by atoms with E-state index in [1.54, 1.807) is 24.3 Å². The fourth-order valence-electron chi connectivity index (χ4n) is 2.07. The Morgan fingerprint density at radius 1 is 1.00 bits per heavy atom. The van der Waals surface area contributed by atoms with Crippen molar-refractivity contribution in [2.45, 2.75) is 11.3 Å². The van der Waals surface area contributed by atoms with Crippen molar-refractivity contribution in [3.8, 4) is 5.75 Å². The molecule has 8 heteroatoms. The van der Waals surface area contributed by atoms with Gasteiger partial charge < -0.3 is 14.8 Å². The first kappa shape index (κ1) is 19.5. The van der Waals surface area contributed by atoms with Gasteiger partial charge in [0.25, 0.3) is 5.91 Å². The number of esters is 1. The molecule has 0 radical (unpaired) electrons. The number of sulfone groups is 1. The minimum absolute atomic E-state index is 0.00376. The van der Waals surface area contributed by atoms with Crippen molar-refractivity contribution in [2.24, 2.45) is 0 Å². The molecule has 1 N–H and O–H groups in total. The lowest BCUT2D eigenvalue weighted by molar-refractivity contribution is -0.147. The molecule has 2 aromatic rings. The zero-order valence-electron chi connectivity index (χ0n) is 14.2. The van der Waals surface area contributed by atoms with Gasteiger partial charge in [0.05, 0.1) is 23.6 Å². The average Bonchev–Trinajstić information content (AvgIpc) is 2.60. The number of para-hydroxylation sites is 2. The summed E-state index contributed by atoms with van der Waals surface area (Å²) >= 11 is 0. The molecule has 7 nitrogen and oxygen atoms in total. The van der Waals surface area contributed by atoms with Crippen molar-refractivity contribution in [1.29, 1.82) is 0 Å². The van der Waals surface area contributed by atoms with Crippen LogP contribution in [0.15, 0.2) is 59.5 Å². The molecule has 0 aliphatic heterocycles. The maximum absolute atomic E-state index is 11.9. The summed E-state index contributed by atoms with van der Waals surface area (Å²) in [6.07, 6.45) is 1.03. The number of benzene rings is 2. The van der Waals surface area contributed by atoms with Crippen molar-refractivity contribution in [3.05, 3.63) is 54.6 Å². The number of rotatable bonds is 8. The lowest BCUT2D eigenvalue weighted by Gasteiger charge is -2.10. The Bertz CT molecular complexity index is 864. The fraction of sp³-hybridized carbons (Fsp3) is 0.222. The molecule has 138 valence electrons. The molecule has 0 atom stereocenters. The van der Waals surface area contributed by atoms with Gasteiger partial charge in [0.15, 0.2) is 16.4 Å². The molecule has 2 rings (SSSR count).